The zero-order valence-corrected chi connectivity index (χ0v) is 4.13. The average Bonchev–Trinajstić information content (AvgIpc) is 2.19. The van der Waals surface area contributed by atoms with Crippen LogP contribution in [0, 0.1) is 0 Å². The molecule has 1 heterocycles. The van der Waals surface area contributed by atoms with Gasteiger partial charge in [0.05, 0.1) is 6.67 Å². The predicted octanol–water partition coefficient (Wildman–Crippen LogP) is 0.246. The maximum Gasteiger partial charge on any atom is 0.115 e. The lowest BCUT2D eigenvalue weighted by atomic mass is 10.8. The Morgan fingerprint density at radius 3 is 3.25 bits per heavy atom. The van der Waals surface area contributed by atoms with Crippen LogP contribution in [0.1, 0.15) is 0 Å². The molecule has 0 aliphatic carbocycles. The molecular formula is C3H5N5. The van der Waals surface area contributed by atoms with Crippen molar-refractivity contribution in [2.24, 2.45) is 5.11 Å². The van der Waals surface area contributed by atoms with Gasteiger partial charge in [-0.3, -0.25) is 0 Å². The summed E-state index contributed by atoms with van der Waals surface area (Å²) < 4.78 is 0. The number of hydrogen-bond acceptors (Lipinski definition) is 3. The van der Waals surface area contributed by atoms with Gasteiger partial charge in [-0.1, -0.05) is 0 Å². The van der Waals surface area contributed by atoms with Crippen LogP contribution >= 0.6 is 0 Å². The zero-order chi connectivity index (χ0) is 5.82. The molecule has 0 radical (unpaired) electrons. The molecule has 0 aromatic heterocycles. The van der Waals surface area contributed by atoms with Gasteiger partial charge in [0, 0.05) is 11.1 Å². The van der Waals surface area contributed by atoms with Crippen LogP contribution in [0.5, 0.6) is 0 Å². The van der Waals surface area contributed by atoms with E-state index >= 15 is 0 Å². The van der Waals surface area contributed by atoms with E-state index in [9.17, 15) is 0 Å². The Balaban J connectivity index is 2.57. The highest BCUT2D eigenvalue weighted by Gasteiger charge is 1.95. The van der Waals surface area contributed by atoms with Gasteiger partial charge in [-0.15, -0.1) is 0 Å². The Bertz CT molecular complexity index is 153. The summed E-state index contributed by atoms with van der Waals surface area (Å²) in [5.41, 5.74) is 7.88. The van der Waals surface area contributed by atoms with Crippen LogP contribution in [0.4, 0.5) is 0 Å². The zero-order valence-electron chi connectivity index (χ0n) is 4.13. The third kappa shape index (κ3) is 0.828. The van der Waals surface area contributed by atoms with E-state index in [0.717, 1.165) is 0 Å². The molecule has 0 unspecified atom stereocenters. The maximum atomic E-state index is 7.88. The number of rotatable bonds is 1. The van der Waals surface area contributed by atoms with Gasteiger partial charge in [-0.25, -0.2) is 0 Å². The molecule has 0 aromatic carbocycles. The fraction of sp³-hybridized carbons (Fsp3) is 0.333. The van der Waals surface area contributed by atoms with Gasteiger partial charge in [0.2, 0.25) is 0 Å². The summed E-state index contributed by atoms with van der Waals surface area (Å²) in [4.78, 5) is 2.57. The molecule has 0 aromatic rings. The van der Waals surface area contributed by atoms with Crippen LogP contribution in [0.15, 0.2) is 17.1 Å². The second-order valence-electron chi connectivity index (χ2n) is 1.28. The van der Waals surface area contributed by atoms with Crippen molar-refractivity contribution in [2.45, 2.75) is 0 Å². The number of azide groups is 1. The van der Waals surface area contributed by atoms with Crippen LogP contribution in [-0.4, -0.2) is 6.67 Å². The van der Waals surface area contributed by atoms with E-state index < -0.39 is 0 Å². The molecule has 1 aliphatic heterocycles. The lowest BCUT2D eigenvalue weighted by molar-refractivity contribution is 0.805. The van der Waals surface area contributed by atoms with Crippen molar-refractivity contribution in [2.75, 3.05) is 6.67 Å². The van der Waals surface area contributed by atoms with Crippen molar-refractivity contribution in [3.63, 3.8) is 0 Å². The van der Waals surface area contributed by atoms with E-state index in [2.05, 4.69) is 20.7 Å². The van der Waals surface area contributed by atoms with Crippen LogP contribution in [0.25, 0.3) is 10.4 Å². The second-order valence-corrected chi connectivity index (χ2v) is 1.28. The number of hydrogen-bond donors (Lipinski definition) is 2. The molecule has 8 heavy (non-hydrogen) atoms. The number of nitrogens with zero attached hydrogens (tertiary/aromatic N) is 3. The van der Waals surface area contributed by atoms with Crippen LogP contribution in [0.2, 0.25) is 0 Å². The molecule has 0 saturated carbocycles. The molecule has 1 rings (SSSR count). The Morgan fingerprint density at radius 2 is 2.75 bits per heavy atom. The summed E-state index contributed by atoms with van der Waals surface area (Å²) in [6.07, 6.45) is 1.62. The molecule has 0 spiro atoms. The quantitative estimate of drug-likeness (QED) is 0.289. The summed E-state index contributed by atoms with van der Waals surface area (Å²) in [6.45, 7) is 0.647. The van der Waals surface area contributed by atoms with Crippen LogP contribution in [0.3, 0.4) is 0 Å². The standard InChI is InChI=1S/C3H5N5/c4-8-7-3-1-5-2-6-3/h1,5-6H,2H2. The third-order valence-electron chi connectivity index (χ3n) is 0.763. The SMILES string of the molecule is [N-]=[N+]=NC1=CNCN1. The van der Waals surface area contributed by atoms with Crippen molar-refractivity contribution >= 4 is 0 Å². The van der Waals surface area contributed by atoms with Gasteiger partial charge in [0.1, 0.15) is 5.82 Å². The highest BCUT2D eigenvalue weighted by Crippen LogP contribution is 1.91. The molecule has 1 aliphatic rings. The summed E-state index contributed by atoms with van der Waals surface area (Å²) in [7, 11) is 0. The Kier molecular flexibility index (Phi) is 1.25. The highest BCUT2D eigenvalue weighted by atomic mass is 15.3. The molecule has 0 saturated heterocycles. The molecule has 0 atom stereocenters. The average molecular weight is 111 g/mol. The first-order valence-electron chi connectivity index (χ1n) is 2.16. The molecular weight excluding hydrogens is 106 g/mol. The van der Waals surface area contributed by atoms with E-state index in [0.29, 0.717) is 12.5 Å². The van der Waals surface area contributed by atoms with Gasteiger partial charge in [-0.2, -0.15) is 0 Å². The predicted molar refractivity (Wildman–Crippen MR) is 28.4 cm³/mol. The lowest BCUT2D eigenvalue weighted by Gasteiger charge is -1.88. The van der Waals surface area contributed by atoms with E-state index in [1.165, 1.54) is 0 Å². The fourth-order valence-corrected chi connectivity index (χ4v) is 0.453. The van der Waals surface area contributed by atoms with Gasteiger partial charge < -0.3 is 10.6 Å². The van der Waals surface area contributed by atoms with Gasteiger partial charge in [-0.05, 0) is 10.6 Å². The fourth-order valence-electron chi connectivity index (χ4n) is 0.453. The third-order valence-corrected chi connectivity index (χ3v) is 0.763. The van der Waals surface area contributed by atoms with Crippen LogP contribution in [-0.2, 0) is 0 Å². The first kappa shape index (κ1) is 4.80. The minimum Gasteiger partial charge on any atom is -0.372 e. The van der Waals surface area contributed by atoms with Crippen LogP contribution < -0.4 is 10.6 Å². The first-order chi connectivity index (χ1) is 3.93. The monoisotopic (exact) mass is 111 g/mol. The lowest BCUT2D eigenvalue weighted by Crippen LogP contribution is -2.13. The van der Waals surface area contributed by atoms with Crippen molar-refractivity contribution in [1.82, 2.24) is 10.6 Å². The summed E-state index contributed by atoms with van der Waals surface area (Å²) in [5.74, 6) is 0.549. The summed E-state index contributed by atoms with van der Waals surface area (Å²) in [5, 5.41) is 8.90. The maximum absolute atomic E-state index is 7.88. The van der Waals surface area contributed by atoms with Crippen molar-refractivity contribution in [3.8, 4) is 0 Å². The normalized spacial score (nSPS) is 15.2. The van der Waals surface area contributed by atoms with Gasteiger partial charge in [0.25, 0.3) is 0 Å². The minimum atomic E-state index is 0.549. The molecule has 0 amide bonds. The van der Waals surface area contributed by atoms with Crippen molar-refractivity contribution in [3.05, 3.63) is 22.5 Å². The Morgan fingerprint density at radius 1 is 1.88 bits per heavy atom. The van der Waals surface area contributed by atoms with Crippen molar-refractivity contribution in [1.29, 1.82) is 0 Å². The molecule has 42 valence electrons. The van der Waals surface area contributed by atoms with Crippen molar-refractivity contribution < 1.29 is 0 Å². The second kappa shape index (κ2) is 2.09. The molecule has 0 fully saturated rings. The Labute approximate surface area is 46.0 Å². The Hall–Kier alpha value is -1.35. The number of nitrogens with one attached hydrogen (secondary N) is 2. The van der Waals surface area contributed by atoms with E-state index in [4.69, 9.17) is 5.53 Å². The summed E-state index contributed by atoms with van der Waals surface area (Å²) in [6, 6.07) is 0. The van der Waals surface area contributed by atoms with Gasteiger partial charge >= 0.3 is 0 Å². The van der Waals surface area contributed by atoms with E-state index in [1.54, 1.807) is 6.20 Å². The highest BCUT2D eigenvalue weighted by molar-refractivity contribution is 5.00. The van der Waals surface area contributed by atoms with E-state index in [-0.39, 0.29) is 0 Å². The topological polar surface area (TPSA) is 72.8 Å². The largest absolute Gasteiger partial charge is 0.372 e. The first-order valence-corrected chi connectivity index (χ1v) is 2.16. The molecule has 5 nitrogen and oxygen atoms in total. The minimum absolute atomic E-state index is 0.549. The molecule has 2 N–H and O–H groups in total. The van der Waals surface area contributed by atoms with Gasteiger partial charge in [0.15, 0.2) is 0 Å². The molecule has 0 bridgehead atoms. The smallest absolute Gasteiger partial charge is 0.115 e. The van der Waals surface area contributed by atoms with E-state index in [1.807, 2.05) is 0 Å². The summed E-state index contributed by atoms with van der Waals surface area (Å²) >= 11 is 0. The molecule has 5 heteroatoms.